The minimum absolute atomic E-state index is 0.139. The van der Waals surface area contributed by atoms with Gasteiger partial charge in [0.25, 0.3) is 0 Å². The number of nitrogens with zero attached hydrogens (tertiary/aromatic N) is 2. The number of thiazole rings is 1. The quantitative estimate of drug-likeness (QED) is 0.632. The molecule has 1 amide bonds. The zero-order valence-corrected chi connectivity index (χ0v) is 13.5. The summed E-state index contributed by atoms with van der Waals surface area (Å²) in [7, 11) is 0. The summed E-state index contributed by atoms with van der Waals surface area (Å²) in [4.78, 5) is 18.2. The van der Waals surface area contributed by atoms with E-state index in [2.05, 4.69) is 4.98 Å². The minimum Gasteiger partial charge on any atom is -0.273 e. The lowest BCUT2D eigenvalue weighted by atomic mass is 10.2. The number of halogens is 2. The van der Waals surface area contributed by atoms with E-state index in [0.29, 0.717) is 16.5 Å². The molecule has 0 aliphatic heterocycles. The first-order valence-electron chi connectivity index (χ1n) is 6.84. The van der Waals surface area contributed by atoms with Crippen molar-refractivity contribution in [3.8, 4) is 11.3 Å². The highest BCUT2D eigenvalue weighted by Gasteiger charge is 2.20. The molecule has 0 radical (unpaired) electrons. The molecular formula is C17H12ClFN2OS. The molecule has 0 N–H and O–H groups in total. The fourth-order valence-corrected chi connectivity index (χ4v) is 3.11. The van der Waals surface area contributed by atoms with Gasteiger partial charge in [0, 0.05) is 10.9 Å². The molecule has 0 unspecified atom stereocenters. The van der Waals surface area contributed by atoms with Crippen LogP contribution >= 0.6 is 22.9 Å². The van der Waals surface area contributed by atoms with Crippen LogP contribution < -0.4 is 4.90 Å². The van der Waals surface area contributed by atoms with E-state index in [0.717, 1.165) is 5.56 Å². The summed E-state index contributed by atoms with van der Waals surface area (Å²) < 4.78 is 13.0. The topological polar surface area (TPSA) is 33.2 Å². The number of anilines is 2. The molecule has 0 atom stereocenters. The zero-order valence-electron chi connectivity index (χ0n) is 11.9. The fourth-order valence-electron chi connectivity index (χ4n) is 2.12. The van der Waals surface area contributed by atoms with Gasteiger partial charge in [-0.1, -0.05) is 18.2 Å². The number of hydrogen-bond acceptors (Lipinski definition) is 3. The Morgan fingerprint density at radius 3 is 2.48 bits per heavy atom. The first kappa shape index (κ1) is 15.6. The lowest BCUT2D eigenvalue weighted by Crippen LogP contribution is -2.26. The maximum absolute atomic E-state index is 13.0. The van der Waals surface area contributed by atoms with Gasteiger partial charge in [-0.3, -0.25) is 9.69 Å². The average Bonchev–Trinajstić information content (AvgIpc) is 3.06. The number of hydrogen-bond donors (Lipinski definition) is 0. The molecule has 2 aromatic carbocycles. The lowest BCUT2D eigenvalue weighted by Gasteiger charge is -2.18. The molecule has 0 spiro atoms. The third-order valence-electron chi connectivity index (χ3n) is 3.20. The summed E-state index contributed by atoms with van der Waals surface area (Å²) in [5, 5.41) is 2.36. The average molecular weight is 347 g/mol. The number of benzene rings is 2. The van der Waals surface area contributed by atoms with Crippen molar-refractivity contribution in [1.29, 1.82) is 0 Å². The predicted molar refractivity (Wildman–Crippen MR) is 91.8 cm³/mol. The molecule has 0 fully saturated rings. The van der Waals surface area contributed by atoms with Crippen LogP contribution in [0.2, 0.25) is 0 Å². The number of alkyl halides is 1. The van der Waals surface area contributed by atoms with Gasteiger partial charge >= 0.3 is 0 Å². The van der Waals surface area contributed by atoms with Crippen molar-refractivity contribution in [2.45, 2.75) is 0 Å². The van der Waals surface area contributed by atoms with Crippen molar-refractivity contribution >= 4 is 39.7 Å². The molecule has 3 aromatic rings. The van der Waals surface area contributed by atoms with Crippen LogP contribution in [-0.4, -0.2) is 16.8 Å². The van der Waals surface area contributed by atoms with Crippen LogP contribution in [0.25, 0.3) is 11.3 Å². The summed E-state index contributed by atoms with van der Waals surface area (Å²) in [6.45, 7) is 0. The Bertz CT molecular complexity index is 805. The largest absolute Gasteiger partial charge is 0.273 e. The summed E-state index contributed by atoms with van der Waals surface area (Å²) in [5.41, 5.74) is 2.19. The molecule has 6 heteroatoms. The number of carbonyl (C=O) groups is 1. The van der Waals surface area contributed by atoms with E-state index >= 15 is 0 Å². The summed E-state index contributed by atoms with van der Waals surface area (Å²) >= 11 is 7.07. The van der Waals surface area contributed by atoms with Gasteiger partial charge in [-0.25, -0.2) is 9.37 Å². The van der Waals surface area contributed by atoms with Crippen molar-refractivity contribution in [1.82, 2.24) is 4.98 Å². The van der Waals surface area contributed by atoms with Crippen molar-refractivity contribution in [2.24, 2.45) is 0 Å². The summed E-state index contributed by atoms with van der Waals surface area (Å²) in [5.74, 6) is -0.689. The van der Waals surface area contributed by atoms with Gasteiger partial charge in [-0.05, 0) is 36.4 Å². The summed E-state index contributed by atoms with van der Waals surface area (Å²) in [6.07, 6.45) is 0. The maximum Gasteiger partial charge on any atom is 0.248 e. The molecule has 1 heterocycles. The second kappa shape index (κ2) is 6.89. The van der Waals surface area contributed by atoms with Gasteiger partial charge in [0.05, 0.1) is 11.4 Å². The van der Waals surface area contributed by atoms with E-state index in [9.17, 15) is 9.18 Å². The Morgan fingerprint density at radius 1 is 1.13 bits per heavy atom. The molecule has 0 aliphatic rings. The first-order chi connectivity index (χ1) is 11.2. The lowest BCUT2D eigenvalue weighted by molar-refractivity contribution is -0.115. The number of para-hydroxylation sites is 1. The highest BCUT2D eigenvalue weighted by Crippen LogP contribution is 2.32. The third kappa shape index (κ3) is 3.41. The van der Waals surface area contributed by atoms with Gasteiger partial charge in [0.1, 0.15) is 11.7 Å². The number of aromatic nitrogens is 1. The molecular weight excluding hydrogens is 335 g/mol. The third-order valence-corrected chi connectivity index (χ3v) is 4.26. The van der Waals surface area contributed by atoms with Crippen molar-refractivity contribution in [3.05, 3.63) is 65.8 Å². The van der Waals surface area contributed by atoms with E-state index in [1.54, 1.807) is 12.1 Å². The second-order valence-corrected chi connectivity index (χ2v) is 5.82. The van der Waals surface area contributed by atoms with E-state index < -0.39 is 0 Å². The Morgan fingerprint density at radius 2 is 1.83 bits per heavy atom. The first-order valence-corrected chi connectivity index (χ1v) is 8.26. The second-order valence-electron chi connectivity index (χ2n) is 4.72. The van der Waals surface area contributed by atoms with Crippen LogP contribution in [0.15, 0.2) is 60.0 Å². The highest BCUT2D eigenvalue weighted by atomic mass is 35.5. The fraction of sp³-hybridized carbons (Fsp3) is 0.0588. The predicted octanol–water partition coefficient (Wildman–Crippen LogP) is 4.85. The Balaban J connectivity index is 1.98. The van der Waals surface area contributed by atoms with Gasteiger partial charge in [0.2, 0.25) is 5.91 Å². The minimum atomic E-state index is -0.299. The van der Waals surface area contributed by atoms with Crippen LogP contribution in [0.1, 0.15) is 0 Å². The number of amides is 1. The molecule has 0 bridgehead atoms. The van der Waals surface area contributed by atoms with Gasteiger partial charge in [0.15, 0.2) is 5.13 Å². The van der Waals surface area contributed by atoms with E-state index in [4.69, 9.17) is 11.6 Å². The van der Waals surface area contributed by atoms with E-state index in [-0.39, 0.29) is 17.6 Å². The standard InChI is InChI=1S/C17H12ClFN2OS/c18-10-16(22)21(14-4-2-1-3-5-14)17-20-15(11-23-17)12-6-8-13(19)9-7-12/h1-9,11H,10H2. The molecule has 3 nitrogen and oxygen atoms in total. The van der Waals surface area contributed by atoms with Crippen molar-refractivity contribution in [3.63, 3.8) is 0 Å². The van der Waals surface area contributed by atoms with Crippen LogP contribution in [0.3, 0.4) is 0 Å². The molecule has 1 aromatic heterocycles. The zero-order chi connectivity index (χ0) is 16.2. The van der Waals surface area contributed by atoms with Gasteiger partial charge in [-0.2, -0.15) is 0 Å². The van der Waals surface area contributed by atoms with Crippen LogP contribution in [-0.2, 0) is 4.79 Å². The molecule has 0 aliphatic carbocycles. The Hall–Kier alpha value is -2.24. The van der Waals surface area contributed by atoms with Gasteiger partial charge < -0.3 is 0 Å². The Labute approximate surface area is 142 Å². The number of rotatable bonds is 4. The van der Waals surface area contributed by atoms with Crippen molar-refractivity contribution in [2.75, 3.05) is 10.8 Å². The molecule has 3 rings (SSSR count). The molecule has 116 valence electrons. The van der Waals surface area contributed by atoms with E-state index in [1.165, 1.54) is 28.4 Å². The van der Waals surface area contributed by atoms with Gasteiger partial charge in [-0.15, -0.1) is 22.9 Å². The molecule has 23 heavy (non-hydrogen) atoms. The smallest absolute Gasteiger partial charge is 0.248 e. The molecule has 0 saturated heterocycles. The van der Waals surface area contributed by atoms with Crippen molar-refractivity contribution < 1.29 is 9.18 Å². The highest BCUT2D eigenvalue weighted by molar-refractivity contribution is 7.14. The van der Waals surface area contributed by atoms with Crippen LogP contribution in [0.4, 0.5) is 15.2 Å². The normalized spacial score (nSPS) is 10.5. The maximum atomic E-state index is 13.0. The SMILES string of the molecule is O=C(CCl)N(c1ccccc1)c1nc(-c2ccc(F)cc2)cs1. The Kier molecular flexibility index (Phi) is 4.69. The summed E-state index contributed by atoms with van der Waals surface area (Å²) in [6, 6.07) is 15.3. The number of carbonyl (C=O) groups excluding carboxylic acids is 1. The monoisotopic (exact) mass is 346 g/mol. The van der Waals surface area contributed by atoms with Crippen LogP contribution in [0.5, 0.6) is 0 Å². The van der Waals surface area contributed by atoms with E-state index in [1.807, 2.05) is 35.7 Å². The van der Waals surface area contributed by atoms with Crippen LogP contribution in [0, 0.1) is 5.82 Å². The molecule has 0 saturated carbocycles.